The molecule has 0 radical (unpaired) electrons. The topological polar surface area (TPSA) is 72.5 Å². The molecule has 0 aliphatic rings. The number of rotatable bonds is 8. The lowest BCUT2D eigenvalue weighted by Crippen LogP contribution is -2.22. The van der Waals surface area contributed by atoms with Gasteiger partial charge in [0, 0.05) is 18.0 Å². The normalized spacial score (nSPS) is 11.5. The van der Waals surface area contributed by atoms with E-state index in [0.29, 0.717) is 6.54 Å². The van der Waals surface area contributed by atoms with Gasteiger partial charge in [0.15, 0.2) is 0 Å². The molecule has 0 spiro atoms. The maximum Gasteiger partial charge on any atom is 0.306 e. The summed E-state index contributed by atoms with van der Waals surface area (Å²) in [5.41, 5.74) is 0.784. The number of alkyl halides is 1. The van der Waals surface area contributed by atoms with E-state index in [-0.39, 0.29) is 11.7 Å². The second-order valence-electron chi connectivity index (χ2n) is 4.38. The Morgan fingerprint density at radius 1 is 1.29 bits per heavy atom. The molecule has 0 heterocycles. The van der Waals surface area contributed by atoms with Gasteiger partial charge in [0.1, 0.15) is 5.75 Å². The molecular weight excluding hydrogens is 358 g/mol. The summed E-state index contributed by atoms with van der Waals surface area (Å²) in [6, 6.07) is 6.42. The van der Waals surface area contributed by atoms with E-state index in [1.165, 1.54) is 18.2 Å². The van der Waals surface area contributed by atoms with Crippen LogP contribution in [0, 0.1) is 0 Å². The van der Waals surface area contributed by atoms with Gasteiger partial charge in [0.05, 0.1) is 6.26 Å². The predicted octanol–water partition coefficient (Wildman–Crippen LogP) is 2.33. The van der Waals surface area contributed by atoms with E-state index in [4.69, 9.17) is 4.18 Å². The van der Waals surface area contributed by atoms with Gasteiger partial charge in [-0.3, -0.25) is 4.79 Å². The summed E-state index contributed by atoms with van der Waals surface area (Å²) in [6.45, 7) is 0.649. The fraction of sp³-hybridized carbons (Fsp3) is 0.357. The summed E-state index contributed by atoms with van der Waals surface area (Å²) < 4.78 is 26.6. The van der Waals surface area contributed by atoms with Crippen molar-refractivity contribution in [1.82, 2.24) is 5.32 Å². The minimum absolute atomic E-state index is 0.152. The van der Waals surface area contributed by atoms with Crippen LogP contribution in [0.25, 0.3) is 6.08 Å². The van der Waals surface area contributed by atoms with Gasteiger partial charge in [-0.25, -0.2) is 0 Å². The first kappa shape index (κ1) is 17.7. The second kappa shape index (κ2) is 8.84. The summed E-state index contributed by atoms with van der Waals surface area (Å²) in [4.78, 5) is 11.5. The van der Waals surface area contributed by atoms with Gasteiger partial charge in [0.2, 0.25) is 5.91 Å². The highest BCUT2D eigenvalue weighted by Gasteiger charge is 2.03. The van der Waals surface area contributed by atoms with E-state index < -0.39 is 10.1 Å². The Morgan fingerprint density at radius 3 is 2.52 bits per heavy atom. The third-order valence-corrected chi connectivity index (χ3v) is 3.47. The van der Waals surface area contributed by atoms with Crippen molar-refractivity contribution in [3.63, 3.8) is 0 Å². The molecule has 0 atom stereocenters. The second-order valence-corrected chi connectivity index (χ2v) is 6.74. The molecule has 0 saturated heterocycles. The number of carbonyl (C=O) groups is 1. The maximum absolute atomic E-state index is 11.5. The molecule has 116 valence electrons. The van der Waals surface area contributed by atoms with E-state index in [2.05, 4.69) is 21.2 Å². The summed E-state index contributed by atoms with van der Waals surface area (Å²) in [7, 11) is -3.52. The Labute approximate surface area is 133 Å². The van der Waals surface area contributed by atoms with Crippen molar-refractivity contribution >= 4 is 38.0 Å². The number of carbonyl (C=O) groups excluding carboxylic acids is 1. The molecule has 0 aromatic heterocycles. The van der Waals surface area contributed by atoms with Gasteiger partial charge in [0.25, 0.3) is 0 Å². The molecule has 1 rings (SSSR count). The van der Waals surface area contributed by atoms with Crippen LogP contribution >= 0.6 is 15.9 Å². The Hall–Kier alpha value is -1.34. The number of benzene rings is 1. The molecule has 1 N–H and O–H groups in total. The maximum atomic E-state index is 11.5. The molecule has 0 bridgehead atoms. The number of hydrogen-bond donors (Lipinski definition) is 1. The van der Waals surface area contributed by atoms with Gasteiger partial charge >= 0.3 is 10.1 Å². The van der Waals surface area contributed by atoms with Crippen molar-refractivity contribution < 1.29 is 17.4 Å². The van der Waals surface area contributed by atoms with Crippen LogP contribution in [0.1, 0.15) is 18.4 Å². The van der Waals surface area contributed by atoms with Crippen LogP contribution in [0.5, 0.6) is 5.75 Å². The van der Waals surface area contributed by atoms with Crippen LogP contribution in [0.15, 0.2) is 30.3 Å². The number of nitrogens with one attached hydrogen (secondary N) is 1. The number of amides is 1. The van der Waals surface area contributed by atoms with E-state index in [1.807, 2.05) is 0 Å². The standard InChI is InChI=1S/C14H18BrNO4S/c1-21(18,19)20-13-7-4-12(5-8-13)6-9-14(17)16-11-3-2-10-15/h4-9H,2-3,10-11H2,1H3,(H,16,17)/b9-6+. The van der Waals surface area contributed by atoms with E-state index in [9.17, 15) is 13.2 Å². The third kappa shape index (κ3) is 8.52. The van der Waals surface area contributed by atoms with Crippen molar-refractivity contribution in [2.45, 2.75) is 12.8 Å². The fourth-order valence-corrected chi connectivity index (χ4v) is 2.33. The zero-order valence-corrected chi connectivity index (χ0v) is 14.1. The largest absolute Gasteiger partial charge is 0.383 e. The molecule has 0 unspecified atom stereocenters. The van der Waals surface area contributed by atoms with Crippen molar-refractivity contribution in [1.29, 1.82) is 0 Å². The lowest BCUT2D eigenvalue weighted by molar-refractivity contribution is -0.116. The minimum Gasteiger partial charge on any atom is -0.383 e. The average molecular weight is 376 g/mol. The first-order valence-corrected chi connectivity index (χ1v) is 9.36. The first-order valence-electron chi connectivity index (χ1n) is 6.42. The number of hydrogen-bond acceptors (Lipinski definition) is 4. The molecule has 0 saturated carbocycles. The monoisotopic (exact) mass is 375 g/mol. The summed E-state index contributed by atoms with van der Waals surface area (Å²) in [5, 5.41) is 3.71. The smallest absolute Gasteiger partial charge is 0.306 e. The summed E-state index contributed by atoms with van der Waals surface area (Å²) in [6.07, 6.45) is 6.04. The van der Waals surface area contributed by atoms with Crippen molar-refractivity contribution in [2.75, 3.05) is 18.1 Å². The molecule has 1 aromatic rings. The first-order chi connectivity index (χ1) is 9.90. The highest BCUT2D eigenvalue weighted by atomic mass is 79.9. The Balaban J connectivity index is 2.47. The third-order valence-electron chi connectivity index (χ3n) is 2.41. The fourth-order valence-electron chi connectivity index (χ4n) is 1.47. The molecule has 7 heteroatoms. The molecular formula is C14H18BrNO4S. The zero-order valence-electron chi connectivity index (χ0n) is 11.7. The van der Waals surface area contributed by atoms with Gasteiger partial charge in [-0.1, -0.05) is 28.1 Å². The quantitative estimate of drug-likeness (QED) is 0.327. The number of unbranched alkanes of at least 4 members (excludes halogenated alkanes) is 1. The van der Waals surface area contributed by atoms with Crippen LogP contribution < -0.4 is 9.50 Å². The average Bonchev–Trinajstić information content (AvgIpc) is 2.41. The Morgan fingerprint density at radius 2 is 1.95 bits per heavy atom. The van der Waals surface area contributed by atoms with Crippen LogP contribution in [0.2, 0.25) is 0 Å². The van der Waals surface area contributed by atoms with Crippen LogP contribution in [0.3, 0.4) is 0 Å². The van der Waals surface area contributed by atoms with Crippen molar-refractivity contribution in [3.8, 4) is 5.75 Å². The highest BCUT2D eigenvalue weighted by molar-refractivity contribution is 9.09. The number of halogens is 1. The Kier molecular flexibility index (Phi) is 7.45. The predicted molar refractivity (Wildman–Crippen MR) is 87.0 cm³/mol. The van der Waals surface area contributed by atoms with Crippen LogP contribution in [0.4, 0.5) is 0 Å². The van der Waals surface area contributed by atoms with E-state index in [0.717, 1.165) is 30.0 Å². The lowest BCUT2D eigenvalue weighted by atomic mass is 10.2. The Bertz CT molecular complexity index is 581. The molecule has 0 aliphatic heterocycles. The SMILES string of the molecule is CS(=O)(=O)Oc1ccc(/C=C/C(=O)NCCCCBr)cc1. The summed E-state index contributed by atoms with van der Waals surface area (Å²) >= 11 is 3.33. The molecule has 0 fully saturated rings. The van der Waals surface area contributed by atoms with Gasteiger partial charge in [-0.2, -0.15) is 8.42 Å². The zero-order chi connectivity index (χ0) is 15.7. The lowest BCUT2D eigenvalue weighted by Gasteiger charge is -2.03. The minimum atomic E-state index is -3.52. The molecule has 1 amide bonds. The summed E-state index contributed by atoms with van der Waals surface area (Å²) in [5.74, 6) is 0.0925. The highest BCUT2D eigenvalue weighted by Crippen LogP contribution is 2.14. The van der Waals surface area contributed by atoms with E-state index >= 15 is 0 Å². The molecule has 0 aliphatic carbocycles. The van der Waals surface area contributed by atoms with Gasteiger partial charge < -0.3 is 9.50 Å². The van der Waals surface area contributed by atoms with Crippen molar-refractivity contribution in [2.24, 2.45) is 0 Å². The van der Waals surface area contributed by atoms with Gasteiger partial charge in [-0.05, 0) is 36.6 Å². The van der Waals surface area contributed by atoms with Crippen LogP contribution in [-0.4, -0.2) is 32.5 Å². The van der Waals surface area contributed by atoms with Crippen molar-refractivity contribution in [3.05, 3.63) is 35.9 Å². The van der Waals surface area contributed by atoms with Crippen LogP contribution in [-0.2, 0) is 14.9 Å². The van der Waals surface area contributed by atoms with E-state index in [1.54, 1.807) is 18.2 Å². The molecule has 5 nitrogen and oxygen atoms in total. The van der Waals surface area contributed by atoms with Gasteiger partial charge in [-0.15, -0.1) is 0 Å². The molecule has 21 heavy (non-hydrogen) atoms. The molecule has 1 aromatic carbocycles.